The average molecular weight is 400 g/mol. The smallest absolute Gasteiger partial charge is 0.160 e. The van der Waals surface area contributed by atoms with Crippen molar-refractivity contribution in [2.45, 2.75) is 46.0 Å². The van der Waals surface area contributed by atoms with Gasteiger partial charge < -0.3 is 19.5 Å². The standard InChI is InChI=1S/C25H37NO3/c1-19(2)22-5-7-23(8-6-22)29-17-13-20-10-14-26(15-11-20)16-12-21-4-9-24(27)25(18-21)28-3/h4-5,7-9,18-20,22,27H,6,10-17H2,1-3H3. The molecule has 1 aliphatic heterocycles. The molecule has 1 unspecified atom stereocenters. The maximum absolute atomic E-state index is 9.72. The number of hydrogen-bond donors (Lipinski definition) is 1. The number of nitrogens with zero attached hydrogens (tertiary/aromatic N) is 1. The van der Waals surface area contributed by atoms with E-state index in [9.17, 15) is 5.11 Å². The summed E-state index contributed by atoms with van der Waals surface area (Å²) in [5.74, 6) is 3.96. The number of rotatable bonds is 9. The van der Waals surface area contributed by atoms with E-state index in [-0.39, 0.29) is 5.75 Å². The van der Waals surface area contributed by atoms with Gasteiger partial charge in [0.05, 0.1) is 13.7 Å². The van der Waals surface area contributed by atoms with E-state index in [0.717, 1.165) is 44.1 Å². The number of phenolic OH excluding ortho intramolecular Hbond substituents is 1. The molecule has 0 aromatic heterocycles. The quantitative estimate of drug-likeness (QED) is 0.621. The van der Waals surface area contributed by atoms with Gasteiger partial charge in [0.1, 0.15) is 5.76 Å². The van der Waals surface area contributed by atoms with E-state index in [4.69, 9.17) is 9.47 Å². The molecular weight excluding hydrogens is 362 g/mol. The van der Waals surface area contributed by atoms with Gasteiger partial charge in [-0.15, -0.1) is 0 Å². The van der Waals surface area contributed by atoms with Crippen molar-refractivity contribution in [3.63, 3.8) is 0 Å². The van der Waals surface area contributed by atoms with Crippen LogP contribution in [0, 0.1) is 17.8 Å². The molecule has 3 rings (SSSR count). The number of benzene rings is 1. The third-order valence-corrected chi connectivity index (χ3v) is 6.42. The third-order valence-electron chi connectivity index (χ3n) is 6.42. The van der Waals surface area contributed by atoms with Crippen molar-refractivity contribution in [3.8, 4) is 11.5 Å². The minimum atomic E-state index is 0.207. The molecule has 1 saturated heterocycles. The summed E-state index contributed by atoms with van der Waals surface area (Å²) in [5, 5.41) is 9.72. The van der Waals surface area contributed by atoms with Crippen molar-refractivity contribution in [2.24, 2.45) is 17.8 Å². The zero-order valence-corrected chi connectivity index (χ0v) is 18.3. The number of hydrogen-bond acceptors (Lipinski definition) is 4. The molecule has 0 radical (unpaired) electrons. The minimum Gasteiger partial charge on any atom is -0.504 e. The Balaban J connectivity index is 1.31. The molecule has 0 spiro atoms. The number of piperidine rings is 1. The van der Waals surface area contributed by atoms with Crippen LogP contribution in [0.1, 0.15) is 45.1 Å². The zero-order chi connectivity index (χ0) is 20.6. The second-order valence-corrected chi connectivity index (χ2v) is 8.79. The summed E-state index contributed by atoms with van der Waals surface area (Å²) in [6.07, 6.45) is 12.5. The van der Waals surface area contributed by atoms with Crippen LogP contribution in [0.2, 0.25) is 0 Å². The van der Waals surface area contributed by atoms with Gasteiger partial charge in [0.25, 0.3) is 0 Å². The van der Waals surface area contributed by atoms with E-state index in [2.05, 4.69) is 37.0 Å². The Bertz CT molecular complexity index is 702. The Kier molecular flexibility index (Phi) is 8.05. The van der Waals surface area contributed by atoms with Crippen LogP contribution in [0.3, 0.4) is 0 Å². The second-order valence-electron chi connectivity index (χ2n) is 8.79. The predicted molar refractivity (Wildman–Crippen MR) is 118 cm³/mol. The Labute approximate surface area is 176 Å². The molecule has 0 bridgehead atoms. The summed E-state index contributed by atoms with van der Waals surface area (Å²) in [7, 11) is 1.59. The van der Waals surface area contributed by atoms with E-state index in [0.29, 0.717) is 17.6 Å². The zero-order valence-electron chi connectivity index (χ0n) is 18.3. The molecule has 0 amide bonds. The number of aromatic hydroxyl groups is 1. The van der Waals surface area contributed by atoms with E-state index >= 15 is 0 Å². The molecule has 0 saturated carbocycles. The van der Waals surface area contributed by atoms with E-state index in [1.54, 1.807) is 13.2 Å². The van der Waals surface area contributed by atoms with Gasteiger partial charge in [-0.3, -0.25) is 0 Å². The lowest BCUT2D eigenvalue weighted by Crippen LogP contribution is -2.35. The van der Waals surface area contributed by atoms with Crippen LogP contribution in [-0.2, 0) is 11.2 Å². The number of allylic oxidation sites excluding steroid dienone is 3. The highest BCUT2D eigenvalue weighted by molar-refractivity contribution is 5.41. The van der Waals surface area contributed by atoms with Crippen LogP contribution in [0.15, 0.2) is 42.2 Å². The molecule has 2 aliphatic rings. The average Bonchev–Trinajstić information content (AvgIpc) is 2.74. The van der Waals surface area contributed by atoms with Gasteiger partial charge in [0, 0.05) is 6.54 Å². The fourth-order valence-corrected chi connectivity index (χ4v) is 4.23. The lowest BCUT2D eigenvalue weighted by atomic mass is 9.89. The van der Waals surface area contributed by atoms with Crippen molar-refractivity contribution in [2.75, 3.05) is 33.4 Å². The fourth-order valence-electron chi connectivity index (χ4n) is 4.23. The van der Waals surface area contributed by atoms with Gasteiger partial charge in [-0.05, 0) is 92.8 Å². The molecule has 1 atom stereocenters. The summed E-state index contributed by atoms with van der Waals surface area (Å²) >= 11 is 0. The number of ether oxygens (including phenoxy) is 2. The molecule has 1 N–H and O–H groups in total. The maximum atomic E-state index is 9.72. The SMILES string of the molecule is COc1cc(CCN2CCC(CCOC3=CCC(C(C)C)C=C3)CC2)ccc1O. The lowest BCUT2D eigenvalue weighted by molar-refractivity contribution is 0.145. The first kappa shape index (κ1) is 21.8. The van der Waals surface area contributed by atoms with Gasteiger partial charge in [-0.25, -0.2) is 0 Å². The van der Waals surface area contributed by atoms with Crippen molar-refractivity contribution in [3.05, 3.63) is 47.7 Å². The number of methoxy groups -OCH3 is 1. The van der Waals surface area contributed by atoms with Gasteiger partial charge in [0.15, 0.2) is 11.5 Å². The van der Waals surface area contributed by atoms with E-state index < -0.39 is 0 Å². The van der Waals surface area contributed by atoms with Crippen LogP contribution in [0.25, 0.3) is 0 Å². The van der Waals surface area contributed by atoms with Gasteiger partial charge >= 0.3 is 0 Å². The lowest BCUT2D eigenvalue weighted by Gasteiger charge is -2.32. The molecule has 1 fully saturated rings. The van der Waals surface area contributed by atoms with E-state index in [1.807, 2.05) is 12.1 Å². The monoisotopic (exact) mass is 399 g/mol. The summed E-state index contributed by atoms with van der Waals surface area (Å²) in [6.45, 7) is 8.79. The number of likely N-dealkylation sites (tertiary alicyclic amines) is 1. The molecule has 1 aliphatic carbocycles. The van der Waals surface area contributed by atoms with Crippen molar-refractivity contribution < 1.29 is 14.6 Å². The van der Waals surface area contributed by atoms with Crippen molar-refractivity contribution in [1.29, 1.82) is 0 Å². The van der Waals surface area contributed by atoms with Crippen molar-refractivity contribution >= 4 is 0 Å². The molecule has 29 heavy (non-hydrogen) atoms. The van der Waals surface area contributed by atoms with Gasteiger partial charge in [0.2, 0.25) is 0 Å². The summed E-state index contributed by atoms with van der Waals surface area (Å²) in [5.41, 5.74) is 1.21. The molecule has 4 heteroatoms. The van der Waals surface area contributed by atoms with Crippen LogP contribution in [0.4, 0.5) is 0 Å². The van der Waals surface area contributed by atoms with Crippen molar-refractivity contribution in [1.82, 2.24) is 4.90 Å². The highest BCUT2D eigenvalue weighted by atomic mass is 16.5. The Morgan fingerprint density at radius 2 is 2.00 bits per heavy atom. The highest BCUT2D eigenvalue weighted by Crippen LogP contribution is 2.27. The Morgan fingerprint density at radius 1 is 1.21 bits per heavy atom. The molecule has 1 aromatic rings. The first-order valence-corrected chi connectivity index (χ1v) is 11.1. The Hall–Kier alpha value is -1.94. The van der Waals surface area contributed by atoms with Crippen LogP contribution in [-0.4, -0.2) is 43.4 Å². The molecule has 4 nitrogen and oxygen atoms in total. The molecule has 160 valence electrons. The first-order chi connectivity index (χ1) is 14.0. The van der Waals surface area contributed by atoms with Crippen LogP contribution < -0.4 is 4.74 Å². The Morgan fingerprint density at radius 3 is 2.66 bits per heavy atom. The minimum absolute atomic E-state index is 0.207. The topological polar surface area (TPSA) is 41.9 Å². The first-order valence-electron chi connectivity index (χ1n) is 11.1. The second kappa shape index (κ2) is 10.7. The van der Waals surface area contributed by atoms with Gasteiger partial charge in [-0.1, -0.05) is 26.0 Å². The summed E-state index contributed by atoms with van der Waals surface area (Å²) in [6, 6.07) is 5.65. The van der Waals surface area contributed by atoms with Crippen LogP contribution in [0.5, 0.6) is 11.5 Å². The maximum Gasteiger partial charge on any atom is 0.160 e. The normalized spacial score (nSPS) is 20.7. The molecule has 1 heterocycles. The van der Waals surface area contributed by atoms with E-state index in [1.165, 1.54) is 31.5 Å². The van der Waals surface area contributed by atoms with Gasteiger partial charge in [-0.2, -0.15) is 0 Å². The summed E-state index contributed by atoms with van der Waals surface area (Å²) in [4.78, 5) is 2.55. The highest BCUT2D eigenvalue weighted by Gasteiger charge is 2.19. The summed E-state index contributed by atoms with van der Waals surface area (Å²) < 4.78 is 11.2. The molecule has 1 aromatic carbocycles. The van der Waals surface area contributed by atoms with Crippen LogP contribution >= 0.6 is 0 Å². The molecular formula is C25H37NO3. The largest absolute Gasteiger partial charge is 0.504 e. The fraction of sp³-hybridized carbons (Fsp3) is 0.600. The third kappa shape index (κ3) is 6.53. The number of phenols is 1. The predicted octanol–water partition coefficient (Wildman–Crippen LogP) is 5.18.